The Bertz CT molecular complexity index is 265. The highest BCUT2D eigenvalue weighted by Gasteiger charge is 2.20. The van der Waals surface area contributed by atoms with Gasteiger partial charge in [-0.25, -0.2) is 4.98 Å². The SMILES string of the molecule is C=N.OC1CCN(c2ccccn2)C1. The van der Waals surface area contributed by atoms with E-state index in [-0.39, 0.29) is 6.10 Å². The zero-order valence-corrected chi connectivity index (χ0v) is 8.06. The first-order valence-corrected chi connectivity index (χ1v) is 4.55. The molecule has 0 spiro atoms. The van der Waals surface area contributed by atoms with Crippen molar-refractivity contribution < 1.29 is 5.11 Å². The first-order valence-electron chi connectivity index (χ1n) is 4.55. The van der Waals surface area contributed by atoms with E-state index < -0.39 is 0 Å². The van der Waals surface area contributed by atoms with Crippen molar-refractivity contribution >= 4 is 12.5 Å². The van der Waals surface area contributed by atoms with Crippen LogP contribution >= 0.6 is 0 Å². The van der Waals surface area contributed by atoms with Crippen molar-refractivity contribution in [2.24, 2.45) is 0 Å². The molecule has 1 aromatic rings. The summed E-state index contributed by atoms with van der Waals surface area (Å²) in [6.07, 6.45) is 2.46. The fourth-order valence-corrected chi connectivity index (χ4v) is 1.49. The summed E-state index contributed by atoms with van der Waals surface area (Å²) in [4.78, 5) is 6.31. The fraction of sp³-hybridized carbons (Fsp3) is 0.400. The summed E-state index contributed by atoms with van der Waals surface area (Å²) in [5.41, 5.74) is 0. The van der Waals surface area contributed by atoms with Gasteiger partial charge in [-0.1, -0.05) is 6.07 Å². The molecule has 1 unspecified atom stereocenters. The van der Waals surface area contributed by atoms with Crippen molar-refractivity contribution in [2.75, 3.05) is 18.0 Å². The lowest BCUT2D eigenvalue weighted by Gasteiger charge is -2.15. The number of β-amino-alcohol motifs (C(OH)–C–C–N with tert-alkyl or cyclic N) is 1. The van der Waals surface area contributed by atoms with E-state index in [1.807, 2.05) is 18.2 Å². The predicted molar refractivity (Wildman–Crippen MR) is 56.9 cm³/mol. The zero-order chi connectivity index (χ0) is 10.4. The van der Waals surface area contributed by atoms with Crippen LogP contribution in [0.1, 0.15) is 6.42 Å². The summed E-state index contributed by atoms with van der Waals surface area (Å²) < 4.78 is 0. The minimum atomic E-state index is -0.174. The topological polar surface area (TPSA) is 60.2 Å². The number of nitrogens with one attached hydrogen (secondary N) is 1. The summed E-state index contributed by atoms with van der Waals surface area (Å²) in [6, 6.07) is 5.83. The number of aromatic nitrogens is 1. The van der Waals surface area contributed by atoms with E-state index in [0.717, 1.165) is 25.3 Å². The number of anilines is 1. The minimum absolute atomic E-state index is 0.174. The minimum Gasteiger partial charge on any atom is -0.391 e. The van der Waals surface area contributed by atoms with E-state index in [0.29, 0.717) is 0 Å². The molecule has 1 atom stereocenters. The normalized spacial score (nSPS) is 20.1. The van der Waals surface area contributed by atoms with Gasteiger partial charge < -0.3 is 15.4 Å². The van der Waals surface area contributed by atoms with Gasteiger partial charge in [0.15, 0.2) is 0 Å². The van der Waals surface area contributed by atoms with E-state index in [1.54, 1.807) is 6.20 Å². The molecule has 2 rings (SSSR count). The first kappa shape index (κ1) is 10.7. The molecule has 1 aliphatic heterocycles. The number of hydrogen-bond donors (Lipinski definition) is 2. The quantitative estimate of drug-likeness (QED) is 0.652. The highest BCUT2D eigenvalue weighted by Crippen LogP contribution is 2.16. The Labute approximate surface area is 83.7 Å². The van der Waals surface area contributed by atoms with E-state index in [9.17, 15) is 5.11 Å². The Morgan fingerprint density at radius 1 is 1.50 bits per heavy atom. The molecule has 0 saturated carbocycles. The van der Waals surface area contributed by atoms with Gasteiger partial charge in [0.1, 0.15) is 5.82 Å². The van der Waals surface area contributed by atoms with Crippen LogP contribution in [0.2, 0.25) is 0 Å². The molecule has 1 aliphatic rings. The third-order valence-electron chi connectivity index (χ3n) is 2.14. The largest absolute Gasteiger partial charge is 0.391 e. The van der Waals surface area contributed by atoms with Crippen LogP contribution in [0.3, 0.4) is 0 Å². The molecule has 0 bridgehead atoms. The summed E-state index contributed by atoms with van der Waals surface area (Å²) in [7, 11) is 0. The van der Waals surface area contributed by atoms with E-state index in [1.165, 1.54) is 0 Å². The van der Waals surface area contributed by atoms with Gasteiger partial charge in [-0.2, -0.15) is 0 Å². The number of nitrogens with zero attached hydrogens (tertiary/aromatic N) is 2. The van der Waals surface area contributed by atoms with Crippen molar-refractivity contribution in [2.45, 2.75) is 12.5 Å². The Kier molecular flexibility index (Phi) is 4.07. The summed E-state index contributed by atoms with van der Waals surface area (Å²) in [5.74, 6) is 0.967. The van der Waals surface area contributed by atoms with Crippen LogP contribution in [0.4, 0.5) is 5.82 Å². The molecule has 14 heavy (non-hydrogen) atoms. The summed E-state index contributed by atoms with van der Waals surface area (Å²) in [5, 5.41) is 14.8. The Morgan fingerprint density at radius 2 is 2.29 bits per heavy atom. The predicted octanol–water partition coefficient (Wildman–Crippen LogP) is 0.918. The standard InChI is InChI=1S/C9H12N2O.CH3N/c12-8-4-6-11(7-8)9-3-1-2-5-10-9;1-2/h1-3,5,8,12H,4,6-7H2;2H,1H2. The maximum absolute atomic E-state index is 9.29. The Morgan fingerprint density at radius 3 is 2.79 bits per heavy atom. The molecule has 76 valence electrons. The second-order valence-electron chi connectivity index (χ2n) is 3.08. The van der Waals surface area contributed by atoms with Gasteiger partial charge in [-0.3, -0.25) is 0 Å². The average Bonchev–Trinajstić information content (AvgIpc) is 2.69. The highest BCUT2D eigenvalue weighted by atomic mass is 16.3. The number of aliphatic hydroxyl groups is 1. The molecule has 2 N–H and O–H groups in total. The average molecular weight is 193 g/mol. The van der Waals surface area contributed by atoms with E-state index in [2.05, 4.69) is 16.6 Å². The van der Waals surface area contributed by atoms with Crippen LogP contribution in [0.5, 0.6) is 0 Å². The van der Waals surface area contributed by atoms with Gasteiger partial charge in [-0.15, -0.1) is 0 Å². The lowest BCUT2D eigenvalue weighted by Crippen LogP contribution is -2.21. The van der Waals surface area contributed by atoms with Crippen LogP contribution in [0.15, 0.2) is 24.4 Å². The molecule has 0 aromatic carbocycles. The lowest BCUT2D eigenvalue weighted by molar-refractivity contribution is 0.198. The smallest absolute Gasteiger partial charge is 0.128 e. The number of hydrogen-bond acceptors (Lipinski definition) is 4. The molecule has 1 saturated heterocycles. The lowest BCUT2D eigenvalue weighted by atomic mass is 10.3. The second-order valence-corrected chi connectivity index (χ2v) is 3.08. The van der Waals surface area contributed by atoms with Gasteiger partial charge in [0.25, 0.3) is 0 Å². The van der Waals surface area contributed by atoms with Gasteiger partial charge in [-0.05, 0) is 25.3 Å². The third kappa shape index (κ3) is 2.53. The van der Waals surface area contributed by atoms with Crippen molar-refractivity contribution in [3.8, 4) is 0 Å². The van der Waals surface area contributed by atoms with Crippen molar-refractivity contribution in [1.29, 1.82) is 5.41 Å². The van der Waals surface area contributed by atoms with Gasteiger partial charge in [0.05, 0.1) is 6.10 Å². The number of pyridine rings is 1. The van der Waals surface area contributed by atoms with Crippen LogP contribution < -0.4 is 4.90 Å². The van der Waals surface area contributed by atoms with Crippen molar-refractivity contribution in [3.05, 3.63) is 24.4 Å². The number of rotatable bonds is 1. The molecule has 0 radical (unpaired) electrons. The van der Waals surface area contributed by atoms with Crippen molar-refractivity contribution in [3.63, 3.8) is 0 Å². The van der Waals surface area contributed by atoms with Gasteiger partial charge >= 0.3 is 0 Å². The first-order chi connectivity index (χ1) is 6.86. The van der Waals surface area contributed by atoms with Crippen molar-refractivity contribution in [1.82, 2.24) is 4.98 Å². The van der Waals surface area contributed by atoms with Crippen LogP contribution in [-0.2, 0) is 0 Å². The Hall–Kier alpha value is -1.42. The molecular formula is C10H15N3O. The molecule has 1 fully saturated rings. The van der Waals surface area contributed by atoms with E-state index >= 15 is 0 Å². The summed E-state index contributed by atoms with van der Waals surface area (Å²) >= 11 is 0. The van der Waals surface area contributed by atoms with Crippen LogP contribution in [-0.4, -0.2) is 36.0 Å². The van der Waals surface area contributed by atoms with E-state index in [4.69, 9.17) is 5.41 Å². The number of aliphatic hydroxyl groups excluding tert-OH is 1. The Balaban J connectivity index is 0.000000461. The van der Waals surface area contributed by atoms with Crippen LogP contribution in [0.25, 0.3) is 0 Å². The fourth-order valence-electron chi connectivity index (χ4n) is 1.49. The molecule has 1 aromatic heterocycles. The zero-order valence-electron chi connectivity index (χ0n) is 8.06. The molecule has 0 aliphatic carbocycles. The van der Waals surface area contributed by atoms with Crippen LogP contribution in [0, 0.1) is 5.41 Å². The van der Waals surface area contributed by atoms with Gasteiger partial charge in [0.2, 0.25) is 0 Å². The maximum atomic E-state index is 9.29. The monoisotopic (exact) mass is 193 g/mol. The molecule has 4 nitrogen and oxygen atoms in total. The molecule has 0 amide bonds. The summed E-state index contributed by atoms with van der Waals surface area (Å²) in [6.45, 7) is 4.13. The third-order valence-corrected chi connectivity index (χ3v) is 2.14. The second kappa shape index (κ2) is 5.34. The molecule has 4 heteroatoms. The van der Waals surface area contributed by atoms with Gasteiger partial charge in [0, 0.05) is 19.3 Å². The molecule has 2 heterocycles. The highest BCUT2D eigenvalue weighted by molar-refractivity contribution is 5.38. The maximum Gasteiger partial charge on any atom is 0.128 e. The molecular weight excluding hydrogens is 178 g/mol.